The van der Waals surface area contributed by atoms with Crippen LogP contribution in [0.15, 0.2) is 12.3 Å². The van der Waals surface area contributed by atoms with Gasteiger partial charge in [0.1, 0.15) is 0 Å². The highest BCUT2D eigenvalue weighted by Gasteiger charge is 2.45. The molecule has 8 heavy (non-hydrogen) atoms. The highest BCUT2D eigenvalue weighted by atomic mass is 17.4. The number of hydrogen-bond acceptors (Lipinski definition) is 3. The fourth-order valence-electron chi connectivity index (χ4n) is 0.290. The third-order valence-corrected chi connectivity index (χ3v) is 0.736. The monoisotopic (exact) mass is 116 g/mol. The molecule has 0 saturated carbocycles. The van der Waals surface area contributed by atoms with Crippen LogP contribution in [0.1, 0.15) is 13.8 Å². The minimum Gasteiger partial charge on any atom is -0.444 e. The van der Waals surface area contributed by atoms with Crippen molar-refractivity contribution in [1.82, 2.24) is 0 Å². The lowest BCUT2D eigenvalue weighted by atomic mass is 10.7. The van der Waals surface area contributed by atoms with E-state index in [4.69, 9.17) is 4.74 Å². The Morgan fingerprint density at radius 3 is 2.50 bits per heavy atom. The van der Waals surface area contributed by atoms with Crippen molar-refractivity contribution in [2.24, 2.45) is 0 Å². The van der Waals surface area contributed by atoms with E-state index in [0.29, 0.717) is 0 Å². The summed E-state index contributed by atoms with van der Waals surface area (Å²) in [5, 5.41) is 0. The summed E-state index contributed by atoms with van der Waals surface area (Å²) in [6.45, 7) is 3.54. The Morgan fingerprint density at radius 2 is 2.12 bits per heavy atom. The summed E-state index contributed by atoms with van der Waals surface area (Å²) < 4.78 is 4.86. The molecule has 0 amide bonds. The molecule has 1 heterocycles. The maximum atomic E-state index is 4.86. The van der Waals surface area contributed by atoms with Crippen molar-refractivity contribution < 1.29 is 14.5 Å². The number of hydrogen-bond donors (Lipinski definition) is 0. The predicted molar refractivity (Wildman–Crippen MR) is 26.5 cm³/mol. The topological polar surface area (TPSA) is 34.3 Å². The van der Waals surface area contributed by atoms with Crippen molar-refractivity contribution in [3.8, 4) is 0 Å². The van der Waals surface area contributed by atoms with E-state index in [2.05, 4.69) is 9.78 Å². The third-order valence-electron chi connectivity index (χ3n) is 0.736. The SMILES string of the molecule is CC=COC1(C)OO1. The van der Waals surface area contributed by atoms with Crippen LogP contribution in [0.4, 0.5) is 0 Å². The van der Waals surface area contributed by atoms with Crippen LogP contribution in [-0.4, -0.2) is 5.97 Å². The van der Waals surface area contributed by atoms with Crippen LogP contribution in [0.3, 0.4) is 0 Å². The lowest BCUT2D eigenvalue weighted by Crippen LogP contribution is -2.03. The molecule has 0 bridgehead atoms. The maximum Gasteiger partial charge on any atom is 0.378 e. The second-order valence-electron chi connectivity index (χ2n) is 1.62. The molecule has 1 fully saturated rings. The molecule has 1 rings (SSSR count). The van der Waals surface area contributed by atoms with Gasteiger partial charge in [0, 0.05) is 6.92 Å². The van der Waals surface area contributed by atoms with Gasteiger partial charge in [-0.15, -0.1) is 0 Å². The lowest BCUT2D eigenvalue weighted by molar-refractivity contribution is 0.0303. The fraction of sp³-hybridized carbons (Fsp3) is 0.600. The molecule has 0 aromatic heterocycles. The summed E-state index contributed by atoms with van der Waals surface area (Å²) >= 11 is 0. The molecular formula is C5H8O3. The molecule has 0 aromatic rings. The zero-order valence-electron chi connectivity index (χ0n) is 4.88. The second-order valence-corrected chi connectivity index (χ2v) is 1.62. The van der Waals surface area contributed by atoms with Crippen molar-refractivity contribution in [3.05, 3.63) is 12.3 Å². The van der Waals surface area contributed by atoms with Crippen LogP contribution in [0.25, 0.3) is 0 Å². The van der Waals surface area contributed by atoms with Gasteiger partial charge in [-0.3, -0.25) is 0 Å². The molecular weight excluding hydrogens is 108 g/mol. The van der Waals surface area contributed by atoms with Crippen LogP contribution < -0.4 is 0 Å². The molecule has 0 aromatic carbocycles. The van der Waals surface area contributed by atoms with Gasteiger partial charge in [-0.2, -0.15) is 9.78 Å². The first kappa shape index (κ1) is 5.59. The second kappa shape index (κ2) is 1.76. The molecule has 0 spiro atoms. The molecule has 0 N–H and O–H groups in total. The average Bonchev–Trinajstić information content (AvgIpc) is 2.45. The van der Waals surface area contributed by atoms with Gasteiger partial charge in [0.05, 0.1) is 6.26 Å². The molecule has 3 heteroatoms. The number of ether oxygens (including phenoxy) is 1. The summed E-state index contributed by atoms with van der Waals surface area (Å²) in [5.74, 6) is -0.785. The van der Waals surface area contributed by atoms with Crippen molar-refractivity contribution in [3.63, 3.8) is 0 Å². The Morgan fingerprint density at radius 1 is 1.50 bits per heavy atom. The van der Waals surface area contributed by atoms with E-state index in [-0.39, 0.29) is 0 Å². The van der Waals surface area contributed by atoms with Gasteiger partial charge in [-0.25, -0.2) is 0 Å². The van der Waals surface area contributed by atoms with Crippen molar-refractivity contribution in [2.45, 2.75) is 19.8 Å². The Hall–Kier alpha value is -0.540. The Balaban J connectivity index is 2.19. The largest absolute Gasteiger partial charge is 0.444 e. The molecule has 1 aliphatic rings. The highest BCUT2D eigenvalue weighted by molar-refractivity contribution is 4.68. The molecule has 46 valence electrons. The van der Waals surface area contributed by atoms with E-state index in [0.717, 1.165) is 0 Å². The van der Waals surface area contributed by atoms with Gasteiger partial charge in [-0.1, -0.05) is 6.08 Å². The van der Waals surface area contributed by atoms with Gasteiger partial charge in [0.15, 0.2) is 0 Å². The van der Waals surface area contributed by atoms with Crippen LogP contribution in [0.2, 0.25) is 0 Å². The third kappa shape index (κ3) is 1.21. The van der Waals surface area contributed by atoms with Crippen molar-refractivity contribution >= 4 is 0 Å². The predicted octanol–water partition coefficient (Wildman–Crippen LogP) is 1.17. The zero-order valence-corrected chi connectivity index (χ0v) is 4.88. The summed E-state index contributed by atoms with van der Waals surface area (Å²) in [5.41, 5.74) is 0. The molecule has 0 radical (unpaired) electrons. The van der Waals surface area contributed by atoms with Crippen LogP contribution in [0.5, 0.6) is 0 Å². The van der Waals surface area contributed by atoms with E-state index in [1.165, 1.54) is 6.26 Å². The minimum absolute atomic E-state index is 0.785. The smallest absolute Gasteiger partial charge is 0.378 e. The quantitative estimate of drug-likeness (QED) is 0.308. The van der Waals surface area contributed by atoms with Gasteiger partial charge in [0.25, 0.3) is 0 Å². The summed E-state index contributed by atoms with van der Waals surface area (Å²) in [4.78, 5) is 8.85. The minimum atomic E-state index is -0.785. The van der Waals surface area contributed by atoms with Crippen molar-refractivity contribution in [1.29, 1.82) is 0 Å². The number of allylic oxidation sites excluding steroid dienone is 1. The van der Waals surface area contributed by atoms with E-state index < -0.39 is 5.97 Å². The summed E-state index contributed by atoms with van der Waals surface area (Å²) in [6.07, 6.45) is 3.28. The molecule has 3 nitrogen and oxygen atoms in total. The Bertz CT molecular complexity index is 104. The van der Waals surface area contributed by atoms with Gasteiger partial charge >= 0.3 is 5.97 Å². The van der Waals surface area contributed by atoms with Gasteiger partial charge in [0.2, 0.25) is 0 Å². The molecule has 0 atom stereocenters. The fourth-order valence-corrected chi connectivity index (χ4v) is 0.290. The van der Waals surface area contributed by atoms with E-state index >= 15 is 0 Å². The lowest BCUT2D eigenvalue weighted by Gasteiger charge is -1.95. The first-order valence-electron chi connectivity index (χ1n) is 2.43. The van der Waals surface area contributed by atoms with Crippen LogP contribution in [-0.2, 0) is 14.5 Å². The van der Waals surface area contributed by atoms with E-state index in [1.54, 1.807) is 13.0 Å². The normalized spacial score (nSPS) is 23.8. The van der Waals surface area contributed by atoms with Crippen LogP contribution in [0, 0.1) is 0 Å². The van der Waals surface area contributed by atoms with E-state index in [9.17, 15) is 0 Å². The first-order valence-corrected chi connectivity index (χ1v) is 2.43. The van der Waals surface area contributed by atoms with Crippen molar-refractivity contribution in [2.75, 3.05) is 0 Å². The maximum absolute atomic E-state index is 4.86. The molecule has 0 aliphatic carbocycles. The zero-order chi connectivity index (χ0) is 6.04. The standard InChI is InChI=1S/C5H8O3/c1-3-4-6-5(2)7-8-5/h3-4H,1-2H3. The first-order chi connectivity index (χ1) is 3.77. The molecule has 0 unspecified atom stereocenters. The van der Waals surface area contributed by atoms with Crippen LogP contribution >= 0.6 is 0 Å². The van der Waals surface area contributed by atoms with Gasteiger partial charge in [-0.05, 0) is 6.92 Å². The Labute approximate surface area is 47.8 Å². The Kier molecular flexibility index (Phi) is 1.23. The summed E-state index contributed by atoms with van der Waals surface area (Å²) in [6, 6.07) is 0. The summed E-state index contributed by atoms with van der Waals surface area (Å²) in [7, 11) is 0. The number of rotatable bonds is 2. The highest BCUT2D eigenvalue weighted by Crippen LogP contribution is 2.29. The average molecular weight is 116 g/mol. The molecule has 1 saturated heterocycles. The van der Waals surface area contributed by atoms with Gasteiger partial charge < -0.3 is 4.74 Å². The van der Waals surface area contributed by atoms with E-state index in [1.807, 2.05) is 6.92 Å². The molecule has 1 aliphatic heterocycles.